The number of rotatable bonds is 7. The number of aromatic nitrogens is 3. The highest BCUT2D eigenvalue weighted by atomic mass is 32.2. The molecule has 3 aromatic rings. The maximum atomic E-state index is 4.97. The summed E-state index contributed by atoms with van der Waals surface area (Å²) in [7, 11) is 6.15. The average Bonchev–Trinajstić information content (AvgIpc) is 3.02. The van der Waals surface area contributed by atoms with E-state index in [0.717, 1.165) is 48.1 Å². The van der Waals surface area contributed by atoms with E-state index in [-0.39, 0.29) is 0 Å². The molecule has 0 aliphatic carbocycles. The van der Waals surface area contributed by atoms with Crippen LogP contribution in [0.4, 0.5) is 5.69 Å². The third-order valence-corrected chi connectivity index (χ3v) is 5.69. The number of nitrogens with one attached hydrogen (secondary N) is 2. The Hall–Kier alpha value is -2.09. The number of nitrogens with zero attached hydrogens (tertiary/aromatic N) is 4. The Labute approximate surface area is 158 Å². The van der Waals surface area contributed by atoms with Gasteiger partial charge in [-0.15, -0.1) is 0 Å². The van der Waals surface area contributed by atoms with Crippen LogP contribution in [-0.2, 0) is 6.54 Å². The van der Waals surface area contributed by atoms with Gasteiger partial charge in [0.05, 0.1) is 12.1 Å². The van der Waals surface area contributed by atoms with Gasteiger partial charge in [0.15, 0.2) is 0 Å². The van der Waals surface area contributed by atoms with E-state index >= 15 is 0 Å². The van der Waals surface area contributed by atoms with Gasteiger partial charge in [0, 0.05) is 47.4 Å². The minimum Gasteiger partial charge on any atom is -0.383 e. The quantitative estimate of drug-likeness (QED) is 0.489. The van der Waals surface area contributed by atoms with Crippen LogP contribution in [0.2, 0.25) is 0 Å². The van der Waals surface area contributed by atoms with E-state index in [1.165, 1.54) is 15.8 Å². The predicted octanol–water partition coefficient (Wildman–Crippen LogP) is 2.76. The van der Waals surface area contributed by atoms with Crippen molar-refractivity contribution in [2.45, 2.75) is 16.5 Å². The summed E-state index contributed by atoms with van der Waals surface area (Å²) in [4.78, 5) is 8.01. The van der Waals surface area contributed by atoms with Crippen molar-refractivity contribution in [1.82, 2.24) is 25.0 Å². The molecule has 0 spiro atoms. The van der Waals surface area contributed by atoms with Crippen molar-refractivity contribution in [2.75, 3.05) is 46.1 Å². The molecule has 0 bridgehead atoms. The third kappa shape index (κ3) is 3.06. The first-order chi connectivity index (χ1) is 12.7. The van der Waals surface area contributed by atoms with E-state index in [1.54, 1.807) is 11.8 Å². The molecule has 4 rings (SSSR count). The van der Waals surface area contributed by atoms with Gasteiger partial charge in [-0.05, 0) is 45.4 Å². The number of anilines is 1. The molecule has 3 heterocycles. The zero-order chi connectivity index (χ0) is 18.1. The minimum atomic E-state index is 0.871. The van der Waals surface area contributed by atoms with Gasteiger partial charge in [-0.1, -0.05) is 11.8 Å². The first-order valence-corrected chi connectivity index (χ1v) is 9.70. The number of pyridine rings is 1. The van der Waals surface area contributed by atoms with Gasteiger partial charge in [0.2, 0.25) is 0 Å². The lowest BCUT2D eigenvalue weighted by Gasteiger charge is -2.18. The van der Waals surface area contributed by atoms with Gasteiger partial charge in [-0.25, -0.2) is 4.98 Å². The molecule has 0 radical (unpaired) electrons. The van der Waals surface area contributed by atoms with E-state index in [0.29, 0.717) is 0 Å². The average molecular weight is 369 g/mol. The van der Waals surface area contributed by atoms with E-state index in [2.05, 4.69) is 57.5 Å². The van der Waals surface area contributed by atoms with Crippen molar-refractivity contribution >= 4 is 28.4 Å². The summed E-state index contributed by atoms with van der Waals surface area (Å²) in [5, 5.41) is 14.0. The number of fused-ring (bicyclic) bond motifs is 2. The van der Waals surface area contributed by atoms with Crippen molar-refractivity contribution in [2.24, 2.45) is 0 Å². The summed E-state index contributed by atoms with van der Waals surface area (Å²) < 4.78 is 2.13. The highest BCUT2D eigenvalue weighted by Gasteiger charge is 2.26. The zero-order valence-electron chi connectivity index (χ0n) is 15.4. The molecule has 136 valence electrons. The van der Waals surface area contributed by atoms with Crippen LogP contribution in [0.5, 0.6) is 0 Å². The molecule has 6 nitrogen and oxygen atoms in total. The van der Waals surface area contributed by atoms with Crippen LogP contribution in [0.1, 0.15) is 0 Å². The second kappa shape index (κ2) is 7.26. The van der Waals surface area contributed by atoms with Crippen molar-refractivity contribution in [3.05, 3.63) is 30.5 Å². The lowest BCUT2D eigenvalue weighted by Crippen LogP contribution is -2.19. The number of hydrogen-bond acceptors (Lipinski definition) is 6. The molecular weight excluding hydrogens is 344 g/mol. The topological polar surface area (TPSA) is 58.0 Å². The molecule has 0 saturated heterocycles. The molecule has 2 N–H and O–H groups in total. The molecular formula is C19H24N6S. The summed E-state index contributed by atoms with van der Waals surface area (Å²) in [6.07, 6.45) is 1.86. The fourth-order valence-corrected chi connectivity index (χ4v) is 4.35. The van der Waals surface area contributed by atoms with Crippen LogP contribution < -0.4 is 10.6 Å². The first-order valence-electron chi connectivity index (χ1n) is 8.89. The van der Waals surface area contributed by atoms with Gasteiger partial charge < -0.3 is 15.5 Å². The minimum absolute atomic E-state index is 0.871. The van der Waals surface area contributed by atoms with E-state index in [9.17, 15) is 0 Å². The first kappa shape index (κ1) is 17.3. The van der Waals surface area contributed by atoms with Crippen molar-refractivity contribution in [3.63, 3.8) is 0 Å². The van der Waals surface area contributed by atoms with E-state index < -0.39 is 0 Å². The van der Waals surface area contributed by atoms with Crippen LogP contribution in [-0.4, -0.2) is 60.4 Å². The monoisotopic (exact) mass is 368 g/mol. The SMILES string of the molecule is CNCCNc1ccc2c3c(nn2CCN(C)C)-c2cccnc2Sc13. The molecule has 1 aliphatic heterocycles. The van der Waals surface area contributed by atoms with Crippen molar-refractivity contribution in [3.8, 4) is 11.3 Å². The Balaban J connectivity index is 1.84. The molecule has 0 amide bonds. The lowest BCUT2D eigenvalue weighted by molar-refractivity contribution is 0.377. The number of likely N-dealkylation sites (N-methyl/N-ethyl adjacent to an activating group) is 2. The maximum Gasteiger partial charge on any atom is 0.110 e. The molecule has 0 saturated carbocycles. The molecule has 1 aliphatic rings. The Morgan fingerprint density at radius 3 is 2.88 bits per heavy atom. The highest BCUT2D eigenvalue weighted by molar-refractivity contribution is 7.99. The van der Waals surface area contributed by atoms with Gasteiger partial charge in [-0.2, -0.15) is 5.10 Å². The van der Waals surface area contributed by atoms with Crippen LogP contribution in [0, 0.1) is 0 Å². The summed E-state index contributed by atoms with van der Waals surface area (Å²) in [5.41, 5.74) is 4.53. The van der Waals surface area contributed by atoms with Gasteiger partial charge >= 0.3 is 0 Å². The van der Waals surface area contributed by atoms with Crippen LogP contribution >= 0.6 is 11.8 Å². The Morgan fingerprint density at radius 1 is 1.19 bits per heavy atom. The van der Waals surface area contributed by atoms with Gasteiger partial charge in [-0.3, -0.25) is 4.68 Å². The van der Waals surface area contributed by atoms with Crippen molar-refractivity contribution < 1.29 is 0 Å². The standard InChI is InChI=1S/C19H24N6S/c1-20-9-10-21-14-6-7-15-16-17(23-25(15)12-11-24(2)3)13-5-4-8-22-19(13)26-18(14)16/h4-8,20-21H,9-12H2,1-3H3. The normalized spacial score (nSPS) is 12.6. The smallest absolute Gasteiger partial charge is 0.110 e. The molecule has 0 atom stereocenters. The van der Waals surface area contributed by atoms with Crippen LogP contribution in [0.15, 0.2) is 40.4 Å². The maximum absolute atomic E-state index is 4.97. The van der Waals surface area contributed by atoms with E-state index in [1.807, 2.05) is 19.3 Å². The Kier molecular flexibility index (Phi) is 4.84. The van der Waals surface area contributed by atoms with Gasteiger partial charge in [0.25, 0.3) is 0 Å². The van der Waals surface area contributed by atoms with Crippen molar-refractivity contribution in [1.29, 1.82) is 0 Å². The molecule has 0 unspecified atom stereocenters. The predicted molar refractivity (Wildman–Crippen MR) is 108 cm³/mol. The molecule has 1 aromatic carbocycles. The second-order valence-corrected chi connectivity index (χ2v) is 7.70. The zero-order valence-corrected chi connectivity index (χ0v) is 16.2. The second-order valence-electron chi connectivity index (χ2n) is 6.70. The number of benzene rings is 1. The fourth-order valence-electron chi connectivity index (χ4n) is 3.21. The molecule has 0 fully saturated rings. The van der Waals surface area contributed by atoms with Crippen LogP contribution in [0.3, 0.4) is 0 Å². The number of hydrogen-bond donors (Lipinski definition) is 2. The highest BCUT2D eigenvalue weighted by Crippen LogP contribution is 2.49. The summed E-state index contributed by atoms with van der Waals surface area (Å²) in [6.45, 7) is 3.64. The fraction of sp³-hybridized carbons (Fsp3) is 0.368. The third-order valence-electron chi connectivity index (χ3n) is 4.55. The summed E-state index contributed by atoms with van der Waals surface area (Å²) in [5.74, 6) is 0. The molecule has 26 heavy (non-hydrogen) atoms. The lowest BCUT2D eigenvalue weighted by atomic mass is 10.1. The Morgan fingerprint density at radius 2 is 2.08 bits per heavy atom. The molecule has 2 aromatic heterocycles. The summed E-state index contributed by atoms with van der Waals surface area (Å²) in [6, 6.07) is 8.47. The Bertz CT molecular complexity index is 933. The van der Waals surface area contributed by atoms with Gasteiger partial charge in [0.1, 0.15) is 10.7 Å². The largest absolute Gasteiger partial charge is 0.383 e. The summed E-state index contributed by atoms with van der Waals surface area (Å²) >= 11 is 1.74. The van der Waals surface area contributed by atoms with Crippen LogP contribution in [0.25, 0.3) is 22.2 Å². The molecule has 7 heteroatoms. The van der Waals surface area contributed by atoms with E-state index in [4.69, 9.17) is 5.10 Å².